The number of halogens is 1. The molecule has 1 fully saturated rings. The van der Waals surface area contributed by atoms with E-state index in [0.29, 0.717) is 5.88 Å². The van der Waals surface area contributed by atoms with Crippen molar-refractivity contribution in [1.82, 2.24) is 9.55 Å². The van der Waals surface area contributed by atoms with Gasteiger partial charge in [-0.05, 0) is 31.0 Å². The van der Waals surface area contributed by atoms with Crippen LogP contribution >= 0.6 is 11.6 Å². The van der Waals surface area contributed by atoms with Crippen molar-refractivity contribution in [3.63, 3.8) is 0 Å². The molecule has 1 aromatic carbocycles. The minimum atomic E-state index is 0.112. The minimum absolute atomic E-state index is 0.112. The van der Waals surface area contributed by atoms with Crippen LogP contribution in [0.4, 0.5) is 0 Å². The number of benzene rings is 1. The van der Waals surface area contributed by atoms with Gasteiger partial charge in [0.05, 0.1) is 24.2 Å². The van der Waals surface area contributed by atoms with E-state index in [1.807, 2.05) is 14.0 Å². The fraction of sp³-hybridized carbons (Fsp3) is 0.500. The van der Waals surface area contributed by atoms with Gasteiger partial charge in [-0.15, -0.1) is 11.6 Å². The molecule has 0 saturated carbocycles. The highest BCUT2D eigenvalue weighted by molar-refractivity contribution is 6.17. The average molecular weight is 265 g/mol. The van der Waals surface area contributed by atoms with E-state index in [-0.39, 0.29) is 5.41 Å². The highest BCUT2D eigenvalue weighted by Crippen LogP contribution is 2.37. The van der Waals surface area contributed by atoms with E-state index in [4.69, 9.17) is 16.3 Å². The summed E-state index contributed by atoms with van der Waals surface area (Å²) in [5.74, 6) is 1.71. The van der Waals surface area contributed by atoms with Crippen molar-refractivity contribution < 1.29 is 4.74 Å². The lowest BCUT2D eigenvalue weighted by Crippen LogP contribution is -2.47. The van der Waals surface area contributed by atoms with Crippen LogP contribution in [0.15, 0.2) is 18.2 Å². The number of hydrogen-bond acceptors (Lipinski definition) is 2. The zero-order valence-corrected chi connectivity index (χ0v) is 11.5. The Morgan fingerprint density at radius 2 is 2.22 bits per heavy atom. The van der Waals surface area contributed by atoms with Crippen molar-refractivity contribution in [2.75, 3.05) is 19.1 Å². The fourth-order valence-corrected chi connectivity index (χ4v) is 3.00. The first-order valence-corrected chi connectivity index (χ1v) is 6.77. The van der Waals surface area contributed by atoms with Crippen molar-refractivity contribution in [2.24, 2.45) is 7.05 Å². The number of ether oxygens (including phenoxy) is 1. The molecule has 1 aliphatic heterocycles. The molecule has 0 atom stereocenters. The molecule has 3 rings (SSSR count). The molecule has 2 heterocycles. The molecule has 0 unspecified atom stereocenters. The molecule has 0 spiro atoms. The molecule has 0 N–H and O–H groups in total. The number of nitrogens with zero attached hydrogens (tertiary/aromatic N) is 2. The molecule has 0 radical (unpaired) electrons. The number of imidazole rings is 1. The maximum absolute atomic E-state index is 5.92. The number of hydrogen-bond donors (Lipinski definition) is 0. The first kappa shape index (κ1) is 12.0. The first-order valence-electron chi connectivity index (χ1n) is 6.23. The van der Waals surface area contributed by atoms with Crippen molar-refractivity contribution in [2.45, 2.75) is 18.8 Å². The Balaban J connectivity index is 2.07. The maximum Gasteiger partial charge on any atom is 0.106 e. The van der Waals surface area contributed by atoms with Gasteiger partial charge in [0.15, 0.2) is 0 Å². The van der Waals surface area contributed by atoms with E-state index in [1.165, 1.54) is 11.1 Å². The van der Waals surface area contributed by atoms with Gasteiger partial charge in [0.2, 0.25) is 0 Å². The van der Waals surface area contributed by atoms with Gasteiger partial charge >= 0.3 is 0 Å². The molecule has 0 bridgehead atoms. The average Bonchev–Trinajstić information content (AvgIpc) is 2.59. The van der Waals surface area contributed by atoms with Crippen LogP contribution in [-0.4, -0.2) is 28.6 Å². The van der Waals surface area contributed by atoms with Gasteiger partial charge in [0, 0.05) is 18.3 Å². The van der Waals surface area contributed by atoms with Gasteiger partial charge in [-0.25, -0.2) is 4.98 Å². The Hall–Kier alpha value is -1.06. The van der Waals surface area contributed by atoms with Gasteiger partial charge < -0.3 is 9.30 Å². The lowest BCUT2D eigenvalue weighted by molar-refractivity contribution is -0.0615. The highest BCUT2D eigenvalue weighted by Gasteiger charge is 2.39. The van der Waals surface area contributed by atoms with E-state index in [0.717, 1.165) is 31.0 Å². The van der Waals surface area contributed by atoms with Crippen LogP contribution in [0.2, 0.25) is 0 Å². The molecule has 3 nitrogen and oxygen atoms in total. The van der Waals surface area contributed by atoms with Gasteiger partial charge in [-0.3, -0.25) is 0 Å². The molecule has 2 aromatic rings. The van der Waals surface area contributed by atoms with E-state index >= 15 is 0 Å². The second-order valence-corrected chi connectivity index (χ2v) is 5.51. The van der Waals surface area contributed by atoms with E-state index in [9.17, 15) is 0 Å². The summed E-state index contributed by atoms with van der Waals surface area (Å²) in [4.78, 5) is 4.59. The minimum Gasteiger partial charge on any atom is -0.379 e. The lowest BCUT2D eigenvalue weighted by atomic mass is 9.76. The molecule has 1 saturated heterocycles. The molecule has 0 aliphatic carbocycles. The van der Waals surface area contributed by atoms with Crippen LogP contribution in [-0.2, 0) is 17.2 Å². The van der Waals surface area contributed by atoms with Crippen molar-refractivity contribution in [1.29, 1.82) is 0 Å². The maximum atomic E-state index is 5.92. The van der Waals surface area contributed by atoms with Gasteiger partial charge in [-0.2, -0.15) is 0 Å². The molecule has 1 aromatic heterocycles. The van der Waals surface area contributed by atoms with E-state index < -0.39 is 0 Å². The molecule has 1 aliphatic rings. The summed E-state index contributed by atoms with van der Waals surface area (Å²) in [5.41, 5.74) is 3.66. The summed E-state index contributed by atoms with van der Waals surface area (Å²) in [6.45, 7) is 3.58. The second-order valence-electron chi connectivity index (χ2n) is 5.13. The van der Waals surface area contributed by atoms with E-state index in [2.05, 4.69) is 27.8 Å². The van der Waals surface area contributed by atoms with Crippen LogP contribution in [0.3, 0.4) is 0 Å². The summed E-state index contributed by atoms with van der Waals surface area (Å²) < 4.78 is 7.52. The van der Waals surface area contributed by atoms with Crippen molar-refractivity contribution in [3.05, 3.63) is 29.6 Å². The number of rotatable bonds is 3. The zero-order valence-electron chi connectivity index (χ0n) is 10.7. The third-order valence-electron chi connectivity index (χ3n) is 4.05. The Bertz CT molecular complexity index is 587. The van der Waals surface area contributed by atoms with Crippen LogP contribution in [0.1, 0.15) is 17.8 Å². The smallest absolute Gasteiger partial charge is 0.106 e. The van der Waals surface area contributed by atoms with Gasteiger partial charge in [0.25, 0.3) is 0 Å². The predicted molar refractivity (Wildman–Crippen MR) is 73.3 cm³/mol. The molecular formula is C14H17ClN2O. The van der Waals surface area contributed by atoms with Crippen molar-refractivity contribution in [3.8, 4) is 0 Å². The van der Waals surface area contributed by atoms with Gasteiger partial charge in [-0.1, -0.05) is 6.07 Å². The normalized spacial score (nSPS) is 17.9. The van der Waals surface area contributed by atoms with E-state index in [1.54, 1.807) is 0 Å². The molecule has 96 valence electrons. The van der Waals surface area contributed by atoms with Crippen molar-refractivity contribution >= 4 is 22.6 Å². The fourth-order valence-electron chi connectivity index (χ4n) is 2.63. The number of fused-ring (bicyclic) bond motifs is 1. The number of aryl methyl sites for hydroxylation is 2. The largest absolute Gasteiger partial charge is 0.379 e. The Labute approximate surface area is 112 Å². The molecular weight excluding hydrogens is 248 g/mol. The molecule has 0 amide bonds. The predicted octanol–water partition coefficient (Wildman–Crippen LogP) is 2.78. The lowest BCUT2D eigenvalue weighted by Gasteiger charge is -2.41. The molecule has 4 heteroatoms. The second kappa shape index (κ2) is 4.25. The van der Waals surface area contributed by atoms with Crippen LogP contribution in [0.5, 0.6) is 0 Å². The summed E-state index contributed by atoms with van der Waals surface area (Å²) in [6.07, 6.45) is 0.964. The number of aromatic nitrogens is 2. The third kappa shape index (κ3) is 1.65. The molecule has 18 heavy (non-hydrogen) atoms. The Morgan fingerprint density at radius 3 is 2.83 bits per heavy atom. The first-order chi connectivity index (χ1) is 8.66. The Kier molecular flexibility index (Phi) is 2.83. The standard InChI is InChI=1S/C14H17ClN2O/c1-10-16-12-7-11(3-4-13(12)17(10)2)14(5-6-15)8-18-9-14/h3-4,7H,5-6,8-9H2,1-2H3. The number of alkyl halides is 1. The van der Waals surface area contributed by atoms with Crippen LogP contribution in [0, 0.1) is 6.92 Å². The SMILES string of the molecule is Cc1nc2cc(C3(CCCl)COC3)ccc2n1C. The Morgan fingerprint density at radius 1 is 1.44 bits per heavy atom. The monoisotopic (exact) mass is 264 g/mol. The van der Waals surface area contributed by atoms with Crippen LogP contribution < -0.4 is 0 Å². The van der Waals surface area contributed by atoms with Crippen LogP contribution in [0.25, 0.3) is 11.0 Å². The highest BCUT2D eigenvalue weighted by atomic mass is 35.5. The zero-order chi connectivity index (χ0) is 12.8. The third-order valence-corrected chi connectivity index (χ3v) is 4.24. The van der Waals surface area contributed by atoms with Gasteiger partial charge in [0.1, 0.15) is 5.82 Å². The topological polar surface area (TPSA) is 27.1 Å². The quantitative estimate of drug-likeness (QED) is 0.797. The summed E-state index contributed by atoms with van der Waals surface area (Å²) in [5, 5.41) is 0. The summed E-state index contributed by atoms with van der Waals surface area (Å²) in [6, 6.07) is 6.54. The summed E-state index contributed by atoms with van der Waals surface area (Å²) in [7, 11) is 2.05. The summed E-state index contributed by atoms with van der Waals surface area (Å²) >= 11 is 5.92.